The average molecular weight is 362 g/mol. The minimum atomic E-state index is -0.867. The SMILES string of the molecule is CNC(=O)C[C@H]1C(=O)NCCN1C(=O)NCc1nc2ccc(F)cc2[nH]1. The lowest BCUT2D eigenvalue weighted by molar-refractivity contribution is -0.132. The van der Waals surface area contributed by atoms with Crippen LogP contribution < -0.4 is 16.0 Å². The summed E-state index contributed by atoms with van der Waals surface area (Å²) in [7, 11) is 1.47. The summed E-state index contributed by atoms with van der Waals surface area (Å²) in [5, 5.41) is 7.77. The zero-order valence-corrected chi connectivity index (χ0v) is 14.1. The molecule has 4 amide bonds. The molecule has 1 aromatic heterocycles. The molecule has 26 heavy (non-hydrogen) atoms. The number of nitrogens with one attached hydrogen (secondary N) is 4. The Labute approximate surface area is 148 Å². The highest BCUT2D eigenvalue weighted by molar-refractivity contribution is 5.92. The summed E-state index contributed by atoms with van der Waals surface area (Å²) in [6, 6.07) is 2.83. The van der Waals surface area contributed by atoms with Crippen LogP contribution in [0.5, 0.6) is 0 Å². The lowest BCUT2D eigenvalue weighted by Gasteiger charge is -2.34. The van der Waals surface area contributed by atoms with Crippen molar-refractivity contribution < 1.29 is 18.8 Å². The van der Waals surface area contributed by atoms with E-state index in [9.17, 15) is 18.8 Å². The summed E-state index contributed by atoms with van der Waals surface area (Å²) in [5.41, 5.74) is 1.12. The molecular formula is C16H19FN6O3. The molecule has 1 saturated heterocycles. The second-order valence-electron chi connectivity index (χ2n) is 5.88. The van der Waals surface area contributed by atoms with Gasteiger partial charge in [0.25, 0.3) is 0 Å². The van der Waals surface area contributed by atoms with Gasteiger partial charge in [0.05, 0.1) is 24.0 Å². The second kappa shape index (κ2) is 7.38. The summed E-state index contributed by atoms with van der Waals surface area (Å²) in [6.07, 6.45) is -0.111. The van der Waals surface area contributed by atoms with Gasteiger partial charge in [0.2, 0.25) is 11.8 Å². The minimum absolute atomic E-state index is 0.0833. The zero-order valence-electron chi connectivity index (χ0n) is 14.1. The summed E-state index contributed by atoms with van der Waals surface area (Å²) < 4.78 is 13.2. The van der Waals surface area contributed by atoms with Gasteiger partial charge in [-0.3, -0.25) is 9.59 Å². The Morgan fingerprint density at radius 3 is 3.00 bits per heavy atom. The van der Waals surface area contributed by atoms with Gasteiger partial charge in [-0.1, -0.05) is 0 Å². The van der Waals surface area contributed by atoms with E-state index < -0.39 is 12.1 Å². The molecule has 1 aromatic carbocycles. The van der Waals surface area contributed by atoms with Crippen LogP contribution in [0.3, 0.4) is 0 Å². The molecule has 0 saturated carbocycles. The molecule has 1 fully saturated rings. The van der Waals surface area contributed by atoms with Crippen molar-refractivity contribution >= 4 is 28.9 Å². The molecule has 0 aliphatic carbocycles. The van der Waals surface area contributed by atoms with Crippen molar-refractivity contribution in [3.05, 3.63) is 29.8 Å². The van der Waals surface area contributed by atoms with Gasteiger partial charge in [-0.15, -0.1) is 0 Å². The molecule has 3 rings (SSSR count). The Kier molecular flexibility index (Phi) is 5.01. The van der Waals surface area contributed by atoms with Gasteiger partial charge in [0.1, 0.15) is 17.7 Å². The molecule has 1 atom stereocenters. The largest absolute Gasteiger partial charge is 0.359 e. The highest BCUT2D eigenvalue weighted by Crippen LogP contribution is 2.13. The van der Waals surface area contributed by atoms with E-state index in [1.54, 1.807) is 6.07 Å². The lowest BCUT2D eigenvalue weighted by Crippen LogP contribution is -2.60. The first-order valence-electron chi connectivity index (χ1n) is 8.15. The van der Waals surface area contributed by atoms with Crippen molar-refractivity contribution in [3.8, 4) is 0 Å². The number of hydrogen-bond donors (Lipinski definition) is 4. The van der Waals surface area contributed by atoms with Crippen molar-refractivity contribution in [3.63, 3.8) is 0 Å². The number of nitrogens with zero attached hydrogens (tertiary/aromatic N) is 2. The van der Waals surface area contributed by atoms with Gasteiger partial charge in [0.15, 0.2) is 0 Å². The minimum Gasteiger partial charge on any atom is -0.359 e. The highest BCUT2D eigenvalue weighted by atomic mass is 19.1. The Balaban J connectivity index is 1.66. The predicted molar refractivity (Wildman–Crippen MR) is 90.5 cm³/mol. The Morgan fingerprint density at radius 1 is 1.42 bits per heavy atom. The highest BCUT2D eigenvalue weighted by Gasteiger charge is 2.34. The average Bonchev–Trinajstić information content (AvgIpc) is 3.03. The van der Waals surface area contributed by atoms with Gasteiger partial charge in [-0.05, 0) is 18.2 Å². The van der Waals surface area contributed by atoms with E-state index in [1.807, 2.05) is 0 Å². The van der Waals surface area contributed by atoms with E-state index in [0.29, 0.717) is 29.9 Å². The van der Waals surface area contributed by atoms with Crippen LogP contribution in [0, 0.1) is 5.82 Å². The van der Waals surface area contributed by atoms with Crippen LogP contribution in [0.4, 0.5) is 9.18 Å². The number of rotatable bonds is 4. The van der Waals surface area contributed by atoms with E-state index in [2.05, 4.69) is 25.9 Å². The number of aromatic nitrogens is 2. The topological polar surface area (TPSA) is 119 Å². The molecule has 4 N–H and O–H groups in total. The van der Waals surface area contributed by atoms with Crippen LogP contribution in [-0.2, 0) is 16.1 Å². The standard InChI is InChI=1S/C16H19FN6O3/c1-18-14(24)7-12-15(25)19-4-5-23(12)16(26)20-8-13-21-10-3-2-9(17)6-11(10)22-13/h2-3,6,12H,4-5,7-8H2,1H3,(H,18,24)(H,19,25)(H,20,26)(H,21,22)/t12-/m0/s1. The number of hydrogen-bond acceptors (Lipinski definition) is 4. The van der Waals surface area contributed by atoms with Crippen LogP contribution in [0.2, 0.25) is 0 Å². The van der Waals surface area contributed by atoms with Gasteiger partial charge in [-0.2, -0.15) is 0 Å². The maximum atomic E-state index is 13.2. The number of amides is 4. The molecule has 0 radical (unpaired) electrons. The van der Waals surface area contributed by atoms with E-state index in [-0.39, 0.29) is 30.6 Å². The Bertz CT molecular complexity index is 852. The van der Waals surface area contributed by atoms with Crippen molar-refractivity contribution in [1.29, 1.82) is 0 Å². The molecule has 1 aliphatic rings. The third-order valence-corrected chi connectivity index (χ3v) is 4.15. The van der Waals surface area contributed by atoms with Gasteiger partial charge in [-0.25, -0.2) is 14.2 Å². The van der Waals surface area contributed by atoms with E-state index in [4.69, 9.17) is 0 Å². The second-order valence-corrected chi connectivity index (χ2v) is 5.88. The normalized spacial score (nSPS) is 17.1. The number of H-pyrrole nitrogens is 1. The molecule has 10 heteroatoms. The van der Waals surface area contributed by atoms with Crippen molar-refractivity contribution in [2.45, 2.75) is 19.0 Å². The van der Waals surface area contributed by atoms with Gasteiger partial charge in [0, 0.05) is 20.1 Å². The molecule has 9 nitrogen and oxygen atoms in total. The molecular weight excluding hydrogens is 343 g/mol. The third-order valence-electron chi connectivity index (χ3n) is 4.15. The number of carbonyl (C=O) groups excluding carboxylic acids is 3. The fourth-order valence-corrected chi connectivity index (χ4v) is 2.82. The number of imidazole rings is 1. The number of fused-ring (bicyclic) bond motifs is 1. The van der Waals surface area contributed by atoms with Gasteiger partial charge < -0.3 is 25.8 Å². The Hall–Kier alpha value is -3.17. The van der Waals surface area contributed by atoms with Crippen molar-refractivity contribution in [2.75, 3.05) is 20.1 Å². The quantitative estimate of drug-likeness (QED) is 0.605. The fraction of sp³-hybridized carbons (Fsp3) is 0.375. The van der Waals surface area contributed by atoms with E-state index >= 15 is 0 Å². The first-order chi connectivity index (χ1) is 12.5. The van der Waals surface area contributed by atoms with Gasteiger partial charge >= 0.3 is 6.03 Å². The monoisotopic (exact) mass is 362 g/mol. The molecule has 1 aliphatic heterocycles. The van der Waals surface area contributed by atoms with Crippen LogP contribution in [0.15, 0.2) is 18.2 Å². The molecule has 138 valence electrons. The number of halogens is 1. The number of piperazine rings is 1. The molecule has 2 heterocycles. The number of urea groups is 1. The third kappa shape index (κ3) is 3.73. The maximum Gasteiger partial charge on any atom is 0.318 e. The smallest absolute Gasteiger partial charge is 0.318 e. The predicted octanol–water partition coefficient (Wildman–Crippen LogP) is -0.152. The molecule has 0 bridgehead atoms. The number of aromatic amines is 1. The maximum absolute atomic E-state index is 13.2. The van der Waals surface area contributed by atoms with Crippen LogP contribution >= 0.6 is 0 Å². The summed E-state index contributed by atoms with van der Waals surface area (Å²) in [6.45, 7) is 0.699. The van der Waals surface area contributed by atoms with Crippen LogP contribution in [-0.4, -0.2) is 58.9 Å². The number of carbonyl (C=O) groups is 3. The lowest BCUT2D eigenvalue weighted by atomic mass is 10.1. The molecule has 0 unspecified atom stereocenters. The first kappa shape index (κ1) is 17.6. The van der Waals surface area contributed by atoms with E-state index in [1.165, 1.54) is 24.1 Å². The summed E-state index contributed by atoms with van der Waals surface area (Å²) >= 11 is 0. The van der Waals surface area contributed by atoms with Crippen molar-refractivity contribution in [1.82, 2.24) is 30.8 Å². The van der Waals surface area contributed by atoms with Crippen LogP contribution in [0.25, 0.3) is 11.0 Å². The molecule has 2 aromatic rings. The van der Waals surface area contributed by atoms with E-state index in [0.717, 1.165) is 0 Å². The summed E-state index contributed by atoms with van der Waals surface area (Å²) in [5.74, 6) is -0.616. The zero-order chi connectivity index (χ0) is 18.7. The Morgan fingerprint density at radius 2 is 2.23 bits per heavy atom. The number of benzene rings is 1. The summed E-state index contributed by atoms with van der Waals surface area (Å²) in [4.78, 5) is 44.6. The van der Waals surface area contributed by atoms with Crippen LogP contribution in [0.1, 0.15) is 12.2 Å². The van der Waals surface area contributed by atoms with Crippen molar-refractivity contribution in [2.24, 2.45) is 0 Å². The fourth-order valence-electron chi connectivity index (χ4n) is 2.82. The first-order valence-corrected chi connectivity index (χ1v) is 8.15. The molecule has 0 spiro atoms.